The molecule has 0 radical (unpaired) electrons. The van der Waals surface area contributed by atoms with Crippen LogP contribution >= 0.6 is 0 Å². The van der Waals surface area contributed by atoms with E-state index < -0.39 is 0 Å². The number of amides is 1. The van der Waals surface area contributed by atoms with E-state index in [1.54, 1.807) is 24.7 Å². The van der Waals surface area contributed by atoms with E-state index in [9.17, 15) is 4.79 Å². The summed E-state index contributed by atoms with van der Waals surface area (Å²) in [5.74, 6) is -0.0466. The summed E-state index contributed by atoms with van der Waals surface area (Å²) in [7, 11) is 0. The highest BCUT2D eigenvalue weighted by Gasteiger charge is 2.05. The number of allylic oxidation sites excluding steroid dienone is 3. The molecule has 0 aromatic carbocycles. The number of nitrogens with one attached hydrogen (secondary N) is 1. The first kappa shape index (κ1) is 21.5. The van der Waals surface area contributed by atoms with Crippen LogP contribution in [0.1, 0.15) is 57.1 Å². The van der Waals surface area contributed by atoms with Crippen molar-refractivity contribution < 1.29 is 4.79 Å². The molecule has 0 spiro atoms. The summed E-state index contributed by atoms with van der Waals surface area (Å²) < 4.78 is 0. The van der Waals surface area contributed by atoms with Gasteiger partial charge in [0.25, 0.3) is 0 Å². The van der Waals surface area contributed by atoms with Gasteiger partial charge < -0.3 is 5.32 Å². The number of pyridine rings is 2. The van der Waals surface area contributed by atoms with Crippen LogP contribution in [-0.2, 0) is 11.2 Å². The maximum atomic E-state index is 12.2. The summed E-state index contributed by atoms with van der Waals surface area (Å²) >= 11 is 0. The van der Waals surface area contributed by atoms with Crippen molar-refractivity contribution in [3.8, 4) is 0 Å². The molecule has 0 saturated carbocycles. The van der Waals surface area contributed by atoms with Gasteiger partial charge in [-0.05, 0) is 73.9 Å². The number of aryl methyl sites for hydroxylation is 1. The molecule has 2 rings (SSSR count). The van der Waals surface area contributed by atoms with Crippen LogP contribution < -0.4 is 5.32 Å². The van der Waals surface area contributed by atoms with Gasteiger partial charge in [-0.25, -0.2) is 0 Å². The van der Waals surface area contributed by atoms with Crippen molar-refractivity contribution in [1.29, 1.82) is 0 Å². The molecule has 2 aromatic rings. The molecule has 0 saturated heterocycles. The average molecular weight is 378 g/mol. The Bertz CT molecular complexity index is 754. The van der Waals surface area contributed by atoms with Crippen LogP contribution in [0, 0.1) is 0 Å². The number of hydrogen-bond donors (Lipinski definition) is 1. The molecule has 1 N–H and O–H groups in total. The Morgan fingerprint density at radius 2 is 1.96 bits per heavy atom. The molecule has 4 nitrogen and oxygen atoms in total. The maximum absolute atomic E-state index is 12.2. The van der Waals surface area contributed by atoms with Crippen LogP contribution in [0.3, 0.4) is 0 Å². The summed E-state index contributed by atoms with van der Waals surface area (Å²) in [6.07, 6.45) is 19.0. The van der Waals surface area contributed by atoms with E-state index in [-0.39, 0.29) is 11.9 Å². The molecule has 0 aliphatic rings. The Labute approximate surface area is 168 Å². The quantitative estimate of drug-likeness (QED) is 0.436. The standard InChI is InChI=1S/C24H31N3O/c1-3-4-11-22(23-14-17-25-18-15-23)12-6-13-24(28)27-20(2)8-5-9-21-10-7-16-26-19-21/h6-7,10,12-20H,3-5,8-9,11H2,1-2H3,(H,27,28)/t20-/m1/s1. The molecule has 4 heteroatoms. The number of aromatic nitrogens is 2. The fourth-order valence-electron chi connectivity index (χ4n) is 3.03. The fourth-order valence-corrected chi connectivity index (χ4v) is 3.03. The van der Waals surface area contributed by atoms with Crippen molar-refractivity contribution in [2.45, 2.75) is 58.4 Å². The summed E-state index contributed by atoms with van der Waals surface area (Å²) in [4.78, 5) is 20.4. The molecule has 148 valence electrons. The van der Waals surface area contributed by atoms with E-state index in [2.05, 4.69) is 35.2 Å². The van der Waals surface area contributed by atoms with E-state index in [0.29, 0.717) is 0 Å². The maximum Gasteiger partial charge on any atom is 0.244 e. The van der Waals surface area contributed by atoms with Gasteiger partial charge >= 0.3 is 0 Å². The molecule has 0 unspecified atom stereocenters. The monoisotopic (exact) mass is 377 g/mol. The second kappa shape index (κ2) is 12.6. The van der Waals surface area contributed by atoms with Gasteiger partial charge in [-0.15, -0.1) is 0 Å². The van der Waals surface area contributed by atoms with Gasteiger partial charge in [0, 0.05) is 36.9 Å². The van der Waals surface area contributed by atoms with Gasteiger partial charge in [0.05, 0.1) is 0 Å². The van der Waals surface area contributed by atoms with Gasteiger partial charge in [0.15, 0.2) is 0 Å². The van der Waals surface area contributed by atoms with E-state index in [1.807, 2.05) is 36.5 Å². The highest BCUT2D eigenvalue weighted by molar-refractivity contribution is 5.88. The molecular weight excluding hydrogens is 346 g/mol. The predicted molar refractivity (Wildman–Crippen MR) is 116 cm³/mol. The molecule has 2 heterocycles. The van der Waals surface area contributed by atoms with Gasteiger partial charge in [0.2, 0.25) is 5.91 Å². The zero-order valence-corrected chi connectivity index (χ0v) is 17.0. The number of rotatable bonds is 11. The summed E-state index contributed by atoms with van der Waals surface area (Å²) in [5.41, 5.74) is 3.64. The molecule has 2 aromatic heterocycles. The minimum Gasteiger partial charge on any atom is -0.350 e. The van der Waals surface area contributed by atoms with Crippen molar-refractivity contribution in [3.05, 3.63) is 78.4 Å². The summed E-state index contributed by atoms with van der Waals surface area (Å²) in [5, 5.41) is 3.04. The predicted octanol–water partition coefficient (Wildman–Crippen LogP) is 5.13. The second-order valence-electron chi connectivity index (χ2n) is 7.05. The smallest absolute Gasteiger partial charge is 0.244 e. The molecule has 0 bridgehead atoms. The first-order valence-corrected chi connectivity index (χ1v) is 10.2. The van der Waals surface area contributed by atoms with E-state index in [1.165, 1.54) is 11.1 Å². The topological polar surface area (TPSA) is 54.9 Å². The number of carbonyl (C=O) groups is 1. The summed E-state index contributed by atoms with van der Waals surface area (Å²) in [6, 6.07) is 8.22. The van der Waals surface area contributed by atoms with Crippen molar-refractivity contribution in [2.24, 2.45) is 0 Å². The molecule has 0 aliphatic carbocycles. The largest absolute Gasteiger partial charge is 0.350 e. The second-order valence-corrected chi connectivity index (χ2v) is 7.05. The highest BCUT2D eigenvalue weighted by Crippen LogP contribution is 2.20. The number of nitrogens with zero attached hydrogens (tertiary/aromatic N) is 2. The third-order valence-corrected chi connectivity index (χ3v) is 4.61. The van der Waals surface area contributed by atoms with Gasteiger partial charge in [-0.3, -0.25) is 14.8 Å². The Morgan fingerprint density at radius 1 is 1.14 bits per heavy atom. The average Bonchev–Trinajstić information content (AvgIpc) is 2.72. The molecule has 1 atom stereocenters. The van der Waals surface area contributed by atoms with Crippen LogP contribution in [0.25, 0.3) is 5.57 Å². The minimum absolute atomic E-state index is 0.0466. The Balaban J connectivity index is 1.80. The SMILES string of the molecule is CCCCC(=CC=CC(=O)N[C@H](C)CCCc1cccnc1)c1ccncc1. The van der Waals surface area contributed by atoms with Crippen LogP contribution in [-0.4, -0.2) is 21.9 Å². The zero-order valence-electron chi connectivity index (χ0n) is 17.0. The highest BCUT2D eigenvalue weighted by atomic mass is 16.1. The van der Waals surface area contributed by atoms with Gasteiger partial charge in [-0.2, -0.15) is 0 Å². The molecule has 0 aliphatic heterocycles. The lowest BCUT2D eigenvalue weighted by molar-refractivity contribution is -0.117. The van der Waals surface area contributed by atoms with Crippen molar-refractivity contribution in [1.82, 2.24) is 15.3 Å². The van der Waals surface area contributed by atoms with Crippen LogP contribution in [0.5, 0.6) is 0 Å². The zero-order chi connectivity index (χ0) is 20.0. The number of carbonyl (C=O) groups excluding carboxylic acids is 1. The lowest BCUT2D eigenvalue weighted by atomic mass is 10.0. The summed E-state index contributed by atoms with van der Waals surface area (Å²) in [6.45, 7) is 4.23. The third-order valence-electron chi connectivity index (χ3n) is 4.61. The van der Waals surface area contributed by atoms with Crippen molar-refractivity contribution >= 4 is 11.5 Å². The Hall–Kier alpha value is -2.75. The lowest BCUT2D eigenvalue weighted by Crippen LogP contribution is -2.31. The van der Waals surface area contributed by atoms with Crippen molar-refractivity contribution in [2.75, 3.05) is 0 Å². The van der Waals surface area contributed by atoms with Crippen molar-refractivity contribution in [3.63, 3.8) is 0 Å². The first-order chi connectivity index (χ1) is 13.7. The first-order valence-electron chi connectivity index (χ1n) is 10.2. The van der Waals surface area contributed by atoms with Gasteiger partial charge in [0.1, 0.15) is 0 Å². The van der Waals surface area contributed by atoms with E-state index >= 15 is 0 Å². The van der Waals surface area contributed by atoms with Crippen LogP contribution in [0.2, 0.25) is 0 Å². The van der Waals surface area contributed by atoms with Crippen LogP contribution in [0.4, 0.5) is 0 Å². The van der Waals surface area contributed by atoms with Gasteiger partial charge in [-0.1, -0.05) is 31.6 Å². The minimum atomic E-state index is -0.0466. The molecule has 28 heavy (non-hydrogen) atoms. The molecular formula is C24H31N3O. The van der Waals surface area contributed by atoms with E-state index in [4.69, 9.17) is 0 Å². The number of hydrogen-bond acceptors (Lipinski definition) is 3. The Morgan fingerprint density at radius 3 is 2.68 bits per heavy atom. The fraction of sp³-hybridized carbons (Fsp3) is 0.375. The van der Waals surface area contributed by atoms with E-state index in [0.717, 1.165) is 44.1 Å². The lowest BCUT2D eigenvalue weighted by Gasteiger charge is -2.12. The normalized spacial score (nSPS) is 12.9. The molecule has 0 fully saturated rings. The Kier molecular flexibility index (Phi) is 9.70. The van der Waals surface area contributed by atoms with Crippen LogP contribution in [0.15, 0.2) is 67.3 Å². The third kappa shape index (κ3) is 8.30. The number of unbranched alkanes of at least 4 members (excludes halogenated alkanes) is 1. The molecule has 1 amide bonds.